The van der Waals surface area contributed by atoms with Gasteiger partial charge in [-0.3, -0.25) is 4.55 Å². The third kappa shape index (κ3) is 18.5. The van der Waals surface area contributed by atoms with E-state index in [2.05, 4.69) is 147 Å². The van der Waals surface area contributed by atoms with Crippen molar-refractivity contribution in [2.75, 3.05) is 0 Å². The highest BCUT2D eigenvalue weighted by molar-refractivity contribution is 7.99. The lowest BCUT2D eigenvalue weighted by Crippen LogP contribution is -2.24. The quantitative estimate of drug-likeness (QED) is 0.0802. The summed E-state index contributed by atoms with van der Waals surface area (Å²) >= 11 is 3.96. The van der Waals surface area contributed by atoms with Gasteiger partial charge in [0.05, 0.1) is 4.90 Å². The van der Waals surface area contributed by atoms with Crippen molar-refractivity contribution in [2.45, 2.75) is 148 Å². The van der Waals surface area contributed by atoms with Crippen molar-refractivity contribution in [1.82, 2.24) is 0 Å². The Bertz CT molecular complexity index is 3290. The first kappa shape index (κ1) is 61.1. The third-order valence-electron chi connectivity index (χ3n) is 11.5. The second-order valence-corrected chi connectivity index (χ2v) is 26.6. The molecule has 0 bridgehead atoms. The van der Waals surface area contributed by atoms with Crippen LogP contribution in [0.4, 0.5) is 0 Å². The second kappa shape index (κ2) is 26.2. The van der Waals surface area contributed by atoms with E-state index < -0.39 is 15.7 Å². The largest absolute Gasteiger partial charge is 0.488 e. The minimum absolute atomic E-state index is 0.0593. The summed E-state index contributed by atoms with van der Waals surface area (Å²) in [5.74, 6) is 3.64. The van der Waals surface area contributed by atoms with E-state index in [0.717, 1.165) is 38.2 Å². The minimum Gasteiger partial charge on any atom is -0.488 e. The van der Waals surface area contributed by atoms with E-state index in [0.29, 0.717) is 39.6 Å². The van der Waals surface area contributed by atoms with Crippen LogP contribution in [-0.2, 0) is 20.9 Å². The summed E-state index contributed by atoms with van der Waals surface area (Å²) in [6.07, 6.45) is 0. The predicted octanol–water partition coefficient (Wildman–Crippen LogP) is 20.4. The number of ether oxygens (including phenoxy) is 4. The zero-order valence-corrected chi connectivity index (χ0v) is 50.6. The van der Waals surface area contributed by atoms with Crippen LogP contribution in [-0.4, -0.2) is 28.7 Å². The summed E-state index contributed by atoms with van der Waals surface area (Å²) < 4.78 is 67.7. The standard InChI is InChI=1S/C32H34O6S3.C32H34O2S.C2H6/c1-31(2,3)23-9-13-25(14-10-23)39-26-15-11-24(12-16-26)37-27-17-7-21(19-29(27)40-33)22-8-18-28(38-32(4,5)6)30(20-22)41(34,35)36;1-31(2,3)25-11-19-29(20-12-25)35-30-21-17-27(18-22-30)33-26-13-7-23(8-14-26)24-9-15-28(16-10-24)34-32(4,5)6;1-2/h7-20,33H,1-6H3,(H,34,35,36);7-22H,1-6H3;1-2H3. The number of benzene rings is 8. The average molecular weight is 1120 g/mol. The molecule has 0 fully saturated rings. The van der Waals surface area contributed by atoms with E-state index in [1.54, 1.807) is 68.6 Å². The Morgan fingerprint density at radius 3 is 1.09 bits per heavy atom. The highest BCUT2D eigenvalue weighted by Gasteiger charge is 2.23. The zero-order valence-electron chi connectivity index (χ0n) is 47.3. The third-order valence-corrected chi connectivity index (χ3v) is 14.9. The zero-order chi connectivity index (χ0) is 57.1. The summed E-state index contributed by atoms with van der Waals surface area (Å²) in [4.78, 5) is 4.77. The van der Waals surface area contributed by atoms with E-state index in [9.17, 15) is 17.5 Å². The van der Waals surface area contributed by atoms with Crippen molar-refractivity contribution in [3.8, 4) is 56.8 Å². The molecule has 8 aromatic carbocycles. The molecule has 410 valence electrons. The van der Waals surface area contributed by atoms with E-state index in [1.165, 1.54) is 33.1 Å². The molecule has 0 atom stereocenters. The van der Waals surface area contributed by atoms with Gasteiger partial charge in [0, 0.05) is 31.6 Å². The number of hydrogen-bond donors (Lipinski definition) is 2. The molecule has 8 aromatic rings. The smallest absolute Gasteiger partial charge is 0.298 e. The molecule has 0 radical (unpaired) electrons. The van der Waals surface area contributed by atoms with Crippen LogP contribution < -0.4 is 18.9 Å². The van der Waals surface area contributed by atoms with Gasteiger partial charge in [-0.05, 0) is 207 Å². The molecule has 8 nitrogen and oxygen atoms in total. The lowest BCUT2D eigenvalue weighted by molar-refractivity contribution is 0.126. The summed E-state index contributed by atoms with van der Waals surface area (Å²) in [7, 11) is -4.54. The van der Waals surface area contributed by atoms with Crippen LogP contribution in [0.25, 0.3) is 22.3 Å². The summed E-state index contributed by atoms with van der Waals surface area (Å²) in [5.41, 5.74) is 5.52. The average Bonchev–Trinajstić information content (AvgIpc) is 3.40. The molecule has 2 N–H and O–H groups in total. The van der Waals surface area contributed by atoms with Crippen LogP contribution in [0.3, 0.4) is 0 Å². The molecule has 0 unspecified atom stereocenters. The molecule has 0 heterocycles. The Balaban J connectivity index is 0.000000247. The lowest BCUT2D eigenvalue weighted by atomic mass is 9.87. The van der Waals surface area contributed by atoms with Gasteiger partial charge in [0.15, 0.2) is 0 Å². The van der Waals surface area contributed by atoms with Crippen LogP contribution in [0.15, 0.2) is 211 Å². The maximum Gasteiger partial charge on any atom is 0.298 e. The van der Waals surface area contributed by atoms with Gasteiger partial charge in [0.2, 0.25) is 0 Å². The fourth-order valence-electron chi connectivity index (χ4n) is 7.66. The summed E-state index contributed by atoms with van der Waals surface area (Å²) in [5, 5.41) is 0. The van der Waals surface area contributed by atoms with Crippen molar-refractivity contribution in [3.63, 3.8) is 0 Å². The minimum atomic E-state index is -4.54. The van der Waals surface area contributed by atoms with E-state index in [1.807, 2.05) is 74.5 Å². The highest BCUT2D eigenvalue weighted by Crippen LogP contribution is 2.40. The SMILES string of the molecule is CC.CC(C)(C)Oc1ccc(-c2ccc(Oc3ccc(Sc4ccc(C(C)(C)C)cc4)cc3)c(SO)c2)cc1S(=O)(=O)O.CC(C)(C)Oc1ccc(-c2ccc(Oc3ccc(Sc4ccc(C(C)(C)C)cc4)cc3)cc2)cc1. The molecule has 0 saturated heterocycles. The summed E-state index contributed by atoms with van der Waals surface area (Å²) in [6, 6.07) is 59.5. The first-order chi connectivity index (χ1) is 36.7. The molecular formula is C66H74O8S4. The number of rotatable bonds is 14. The monoisotopic (exact) mass is 1120 g/mol. The van der Waals surface area contributed by atoms with Gasteiger partial charge in [0.25, 0.3) is 10.1 Å². The first-order valence-electron chi connectivity index (χ1n) is 26.0. The van der Waals surface area contributed by atoms with Crippen molar-refractivity contribution in [2.24, 2.45) is 0 Å². The number of hydrogen-bond acceptors (Lipinski definition) is 10. The first-order valence-corrected chi connectivity index (χ1v) is 29.8. The van der Waals surface area contributed by atoms with Gasteiger partial charge in [-0.15, -0.1) is 0 Å². The Morgan fingerprint density at radius 2 is 0.718 bits per heavy atom. The molecule has 8 rings (SSSR count). The summed E-state index contributed by atoms with van der Waals surface area (Å²) in [6.45, 7) is 28.8. The van der Waals surface area contributed by atoms with Gasteiger partial charge in [-0.25, -0.2) is 0 Å². The van der Waals surface area contributed by atoms with E-state index in [-0.39, 0.29) is 27.1 Å². The van der Waals surface area contributed by atoms with E-state index >= 15 is 0 Å². The van der Waals surface area contributed by atoms with Crippen LogP contribution in [0.1, 0.15) is 108 Å². The van der Waals surface area contributed by atoms with Gasteiger partial charge >= 0.3 is 0 Å². The Hall–Kier alpha value is -6.12. The second-order valence-electron chi connectivity index (χ2n) is 22.3. The van der Waals surface area contributed by atoms with Gasteiger partial charge in [-0.1, -0.05) is 140 Å². The Labute approximate surface area is 477 Å². The van der Waals surface area contributed by atoms with Crippen LogP contribution >= 0.6 is 35.6 Å². The molecule has 12 heteroatoms. The van der Waals surface area contributed by atoms with Crippen molar-refractivity contribution in [3.05, 3.63) is 193 Å². The van der Waals surface area contributed by atoms with Crippen LogP contribution in [0.2, 0.25) is 0 Å². The lowest BCUT2D eigenvalue weighted by Gasteiger charge is -2.23. The normalized spacial score (nSPS) is 11.8. The maximum atomic E-state index is 12.1. The molecule has 0 aliphatic carbocycles. The fourth-order valence-corrected chi connectivity index (χ4v) is 10.3. The fraction of sp³-hybridized carbons (Fsp3) is 0.273. The van der Waals surface area contributed by atoms with E-state index in [4.69, 9.17) is 18.9 Å². The van der Waals surface area contributed by atoms with Crippen molar-refractivity contribution in [1.29, 1.82) is 0 Å². The topological polar surface area (TPSA) is 112 Å². The van der Waals surface area contributed by atoms with Crippen molar-refractivity contribution < 1.29 is 36.5 Å². The molecule has 0 aromatic heterocycles. The Morgan fingerprint density at radius 1 is 0.385 bits per heavy atom. The molecule has 0 spiro atoms. The molecule has 78 heavy (non-hydrogen) atoms. The Kier molecular flexibility index (Phi) is 20.5. The molecule has 0 saturated carbocycles. The van der Waals surface area contributed by atoms with Gasteiger partial charge in [-0.2, -0.15) is 8.42 Å². The molecule has 0 amide bonds. The highest BCUT2D eigenvalue weighted by atomic mass is 32.2. The van der Waals surface area contributed by atoms with Crippen molar-refractivity contribution >= 4 is 45.7 Å². The molecule has 0 aliphatic rings. The molecular weight excluding hydrogens is 1050 g/mol. The van der Waals surface area contributed by atoms with Gasteiger partial charge < -0.3 is 23.5 Å². The van der Waals surface area contributed by atoms with Crippen LogP contribution in [0.5, 0.6) is 34.5 Å². The maximum absolute atomic E-state index is 12.1. The predicted molar refractivity (Wildman–Crippen MR) is 326 cm³/mol. The molecule has 0 aliphatic heterocycles. The van der Waals surface area contributed by atoms with Crippen LogP contribution in [0, 0.1) is 0 Å². The van der Waals surface area contributed by atoms with Gasteiger partial charge in [0.1, 0.15) is 50.6 Å².